The van der Waals surface area contributed by atoms with E-state index in [0.717, 1.165) is 4.31 Å². The van der Waals surface area contributed by atoms with Gasteiger partial charge in [-0.15, -0.1) is 0 Å². The van der Waals surface area contributed by atoms with E-state index in [1.807, 2.05) is 0 Å². The predicted molar refractivity (Wildman–Crippen MR) is 51.3 cm³/mol. The summed E-state index contributed by atoms with van der Waals surface area (Å²) in [6, 6.07) is 1.57. The van der Waals surface area contributed by atoms with E-state index in [4.69, 9.17) is 10.4 Å². The molecule has 1 heterocycles. The van der Waals surface area contributed by atoms with Gasteiger partial charge in [-0.05, 0) is 12.8 Å². The third kappa shape index (κ3) is 2.91. The Kier molecular flexibility index (Phi) is 3.66. The van der Waals surface area contributed by atoms with Gasteiger partial charge in [-0.25, -0.2) is 12.7 Å². The summed E-state index contributed by atoms with van der Waals surface area (Å²) in [6.45, 7) is 0.299. The molecule has 0 bridgehead atoms. The first-order valence-corrected chi connectivity index (χ1v) is 6.16. The topological polar surface area (TPSA) is 98.5 Å². The Labute approximate surface area is 88.2 Å². The third-order valence-corrected chi connectivity index (χ3v) is 3.99. The molecule has 1 N–H and O–H groups in total. The number of rotatable bonds is 3. The molecular weight excluding hydrogens is 220 g/mol. The van der Waals surface area contributed by atoms with Crippen molar-refractivity contribution in [1.82, 2.24) is 4.31 Å². The first kappa shape index (κ1) is 11.9. The van der Waals surface area contributed by atoms with Crippen LogP contribution in [0.15, 0.2) is 0 Å². The van der Waals surface area contributed by atoms with Crippen LogP contribution in [0, 0.1) is 17.2 Å². The molecule has 0 amide bonds. The maximum atomic E-state index is 11.5. The quantitative estimate of drug-likeness (QED) is 0.716. The molecule has 0 radical (unpaired) electrons. The van der Waals surface area contributed by atoms with Crippen LogP contribution in [0.2, 0.25) is 0 Å². The van der Waals surface area contributed by atoms with Crippen molar-refractivity contribution in [3.63, 3.8) is 0 Å². The lowest BCUT2D eigenvalue weighted by Gasteiger charge is -2.28. The molecule has 1 atom stereocenters. The Hall–Kier alpha value is -1.13. The van der Waals surface area contributed by atoms with Gasteiger partial charge in [-0.3, -0.25) is 4.79 Å². The normalized spacial score (nSPS) is 23.3. The zero-order valence-corrected chi connectivity index (χ0v) is 8.90. The van der Waals surface area contributed by atoms with Crippen LogP contribution >= 0.6 is 0 Å². The lowest BCUT2D eigenvalue weighted by atomic mass is 10.0. The molecule has 1 rings (SSSR count). The van der Waals surface area contributed by atoms with Gasteiger partial charge in [0.25, 0.3) is 0 Å². The zero-order chi connectivity index (χ0) is 11.5. The predicted octanol–water partition coefficient (Wildman–Crippen LogP) is -0.364. The van der Waals surface area contributed by atoms with Gasteiger partial charge in [-0.2, -0.15) is 5.26 Å². The molecule has 1 aliphatic heterocycles. The second-order valence-electron chi connectivity index (χ2n) is 3.45. The van der Waals surface area contributed by atoms with Gasteiger partial charge in [-0.1, -0.05) is 0 Å². The van der Waals surface area contributed by atoms with Gasteiger partial charge in [0, 0.05) is 13.1 Å². The van der Waals surface area contributed by atoms with E-state index in [-0.39, 0.29) is 6.54 Å². The number of nitrogens with zero attached hydrogens (tertiary/aromatic N) is 2. The molecule has 7 heteroatoms. The van der Waals surface area contributed by atoms with Crippen LogP contribution in [0.4, 0.5) is 0 Å². The molecule has 0 saturated carbocycles. The van der Waals surface area contributed by atoms with E-state index in [1.165, 1.54) is 0 Å². The SMILES string of the molecule is N#CCS(=O)(=O)N1CCCC(C(=O)O)C1. The number of carbonyl (C=O) groups is 1. The summed E-state index contributed by atoms with van der Waals surface area (Å²) in [6.07, 6.45) is 1.02. The number of aliphatic carboxylic acids is 1. The van der Waals surface area contributed by atoms with Crippen molar-refractivity contribution in [3.8, 4) is 6.07 Å². The maximum Gasteiger partial charge on any atom is 0.307 e. The summed E-state index contributed by atoms with van der Waals surface area (Å²) in [5.41, 5.74) is 0. The highest BCUT2D eigenvalue weighted by Crippen LogP contribution is 2.19. The van der Waals surface area contributed by atoms with Gasteiger partial charge in [0.15, 0.2) is 5.75 Å². The third-order valence-electron chi connectivity index (χ3n) is 2.37. The van der Waals surface area contributed by atoms with E-state index in [2.05, 4.69) is 0 Å². The highest BCUT2D eigenvalue weighted by molar-refractivity contribution is 7.89. The van der Waals surface area contributed by atoms with Crippen molar-refractivity contribution in [2.24, 2.45) is 5.92 Å². The summed E-state index contributed by atoms with van der Waals surface area (Å²) in [4.78, 5) is 10.7. The minimum Gasteiger partial charge on any atom is -0.481 e. The van der Waals surface area contributed by atoms with Crippen LogP contribution in [0.3, 0.4) is 0 Å². The average molecular weight is 232 g/mol. The van der Waals surface area contributed by atoms with Crippen molar-refractivity contribution < 1.29 is 18.3 Å². The Morgan fingerprint density at radius 2 is 2.27 bits per heavy atom. The molecule has 1 unspecified atom stereocenters. The van der Waals surface area contributed by atoms with Gasteiger partial charge in [0.1, 0.15) is 0 Å². The average Bonchev–Trinajstić information content (AvgIpc) is 2.18. The van der Waals surface area contributed by atoms with E-state index >= 15 is 0 Å². The number of carboxylic acids is 1. The van der Waals surface area contributed by atoms with Gasteiger partial charge < -0.3 is 5.11 Å². The summed E-state index contributed by atoms with van der Waals surface area (Å²) in [7, 11) is -3.59. The lowest BCUT2D eigenvalue weighted by molar-refractivity contribution is -0.142. The highest BCUT2D eigenvalue weighted by atomic mass is 32.2. The summed E-state index contributed by atoms with van der Waals surface area (Å²) < 4.78 is 24.0. The molecule has 15 heavy (non-hydrogen) atoms. The molecule has 0 spiro atoms. The van der Waals surface area contributed by atoms with Crippen molar-refractivity contribution in [3.05, 3.63) is 0 Å². The first-order chi connectivity index (χ1) is 6.97. The molecule has 1 fully saturated rings. The van der Waals surface area contributed by atoms with Crippen LogP contribution in [-0.4, -0.2) is 42.6 Å². The molecule has 84 valence electrons. The number of piperidine rings is 1. The van der Waals surface area contributed by atoms with Gasteiger partial charge >= 0.3 is 5.97 Å². The maximum absolute atomic E-state index is 11.5. The van der Waals surface area contributed by atoms with E-state index in [1.54, 1.807) is 6.07 Å². The van der Waals surface area contributed by atoms with Crippen molar-refractivity contribution >= 4 is 16.0 Å². The largest absolute Gasteiger partial charge is 0.481 e. The standard InChI is InChI=1S/C8H12N2O4S/c9-3-5-15(13,14)10-4-1-2-7(6-10)8(11)12/h7H,1-2,4-6H2,(H,11,12). The van der Waals surface area contributed by atoms with E-state index in [0.29, 0.717) is 19.4 Å². The fourth-order valence-electron chi connectivity index (χ4n) is 1.57. The molecule has 0 aromatic carbocycles. The number of nitriles is 1. The van der Waals surface area contributed by atoms with Crippen LogP contribution in [-0.2, 0) is 14.8 Å². The summed E-state index contributed by atoms with van der Waals surface area (Å²) in [5.74, 6) is -2.21. The van der Waals surface area contributed by atoms with Crippen LogP contribution in [0.5, 0.6) is 0 Å². The first-order valence-electron chi connectivity index (χ1n) is 4.55. The molecule has 0 aromatic heterocycles. The number of hydrogen-bond donors (Lipinski definition) is 1. The summed E-state index contributed by atoms with van der Waals surface area (Å²) in [5, 5.41) is 17.1. The molecule has 1 aliphatic rings. The number of carboxylic acid groups (broad SMARTS) is 1. The molecular formula is C8H12N2O4S. The smallest absolute Gasteiger partial charge is 0.307 e. The Morgan fingerprint density at radius 3 is 2.80 bits per heavy atom. The second kappa shape index (κ2) is 4.59. The van der Waals surface area contributed by atoms with Crippen LogP contribution < -0.4 is 0 Å². The monoisotopic (exact) mass is 232 g/mol. The molecule has 1 saturated heterocycles. The zero-order valence-electron chi connectivity index (χ0n) is 8.09. The molecule has 0 aliphatic carbocycles. The fourth-order valence-corrected chi connectivity index (χ4v) is 2.73. The minimum absolute atomic E-state index is 0.0145. The Balaban J connectivity index is 2.73. The number of hydrogen-bond acceptors (Lipinski definition) is 4. The van der Waals surface area contributed by atoms with Gasteiger partial charge in [0.05, 0.1) is 12.0 Å². The van der Waals surface area contributed by atoms with Gasteiger partial charge in [0.2, 0.25) is 10.0 Å². The van der Waals surface area contributed by atoms with Crippen molar-refractivity contribution in [1.29, 1.82) is 5.26 Å². The van der Waals surface area contributed by atoms with Crippen LogP contribution in [0.1, 0.15) is 12.8 Å². The van der Waals surface area contributed by atoms with Crippen LogP contribution in [0.25, 0.3) is 0 Å². The second-order valence-corrected chi connectivity index (χ2v) is 5.42. The Bertz CT molecular complexity index is 384. The highest BCUT2D eigenvalue weighted by Gasteiger charge is 2.31. The molecule has 0 aromatic rings. The molecule has 6 nitrogen and oxygen atoms in total. The van der Waals surface area contributed by atoms with E-state index in [9.17, 15) is 13.2 Å². The summed E-state index contributed by atoms with van der Waals surface area (Å²) >= 11 is 0. The minimum atomic E-state index is -3.59. The Morgan fingerprint density at radius 1 is 1.60 bits per heavy atom. The van der Waals surface area contributed by atoms with Crippen molar-refractivity contribution in [2.45, 2.75) is 12.8 Å². The lowest BCUT2D eigenvalue weighted by Crippen LogP contribution is -2.43. The number of sulfonamides is 1. The van der Waals surface area contributed by atoms with Crippen molar-refractivity contribution in [2.75, 3.05) is 18.8 Å². The van der Waals surface area contributed by atoms with E-state index < -0.39 is 27.7 Å². The fraction of sp³-hybridized carbons (Fsp3) is 0.750.